The van der Waals surface area contributed by atoms with Crippen LogP contribution in [-0.4, -0.2) is 20.7 Å². The van der Waals surface area contributed by atoms with Crippen molar-refractivity contribution < 1.29 is 4.79 Å². The number of hydrogen-bond acceptors (Lipinski definition) is 5. The lowest BCUT2D eigenvalue weighted by atomic mass is 10.1. The maximum Gasteiger partial charge on any atom is 0.242 e. The van der Waals surface area contributed by atoms with Crippen LogP contribution in [0.5, 0.6) is 0 Å². The zero-order chi connectivity index (χ0) is 14.5. The van der Waals surface area contributed by atoms with Crippen LogP contribution in [0, 0.1) is 0 Å². The lowest BCUT2D eigenvalue weighted by Crippen LogP contribution is -2.32. The van der Waals surface area contributed by atoms with Crippen molar-refractivity contribution in [2.45, 2.75) is 19.0 Å². The van der Waals surface area contributed by atoms with Crippen molar-refractivity contribution in [3.05, 3.63) is 57.4 Å². The molecule has 0 spiro atoms. The van der Waals surface area contributed by atoms with Crippen molar-refractivity contribution in [3.8, 4) is 0 Å². The van der Waals surface area contributed by atoms with Crippen LogP contribution in [0.15, 0.2) is 46.9 Å². The summed E-state index contributed by atoms with van der Waals surface area (Å²) in [7, 11) is 0. The number of nitrogens with one attached hydrogen (secondary N) is 1. The zero-order valence-electron chi connectivity index (χ0n) is 11.2. The third kappa shape index (κ3) is 3.77. The van der Waals surface area contributed by atoms with Gasteiger partial charge in [0.05, 0.1) is 6.04 Å². The second-order valence-corrected chi connectivity index (χ2v) is 6.24. The number of thiophene rings is 1. The SMILES string of the molecule is O=C(Cn1cccn1)N[C@H](Cc1ccsc1)c1nccs1. The molecular weight excluding hydrogens is 304 g/mol. The van der Waals surface area contributed by atoms with Crippen LogP contribution in [0.3, 0.4) is 0 Å². The number of aromatic nitrogens is 3. The average molecular weight is 318 g/mol. The molecule has 108 valence electrons. The third-order valence-electron chi connectivity index (χ3n) is 2.97. The van der Waals surface area contributed by atoms with Gasteiger partial charge in [0.25, 0.3) is 0 Å². The van der Waals surface area contributed by atoms with Crippen LogP contribution in [-0.2, 0) is 17.8 Å². The Morgan fingerprint density at radius 3 is 3.00 bits per heavy atom. The van der Waals surface area contributed by atoms with E-state index in [1.54, 1.807) is 52.0 Å². The molecule has 0 unspecified atom stereocenters. The van der Waals surface area contributed by atoms with Crippen LogP contribution in [0.2, 0.25) is 0 Å². The summed E-state index contributed by atoms with van der Waals surface area (Å²) in [6.07, 6.45) is 5.95. The van der Waals surface area contributed by atoms with Crippen LogP contribution in [0.25, 0.3) is 0 Å². The molecule has 1 amide bonds. The van der Waals surface area contributed by atoms with Crippen molar-refractivity contribution in [2.75, 3.05) is 0 Å². The van der Waals surface area contributed by atoms with Gasteiger partial charge in [-0.25, -0.2) is 4.98 Å². The van der Waals surface area contributed by atoms with Gasteiger partial charge in [0.1, 0.15) is 11.6 Å². The Bertz CT molecular complexity index is 662. The molecule has 0 saturated carbocycles. The first-order chi connectivity index (χ1) is 10.3. The summed E-state index contributed by atoms with van der Waals surface area (Å²) in [6, 6.07) is 3.78. The predicted molar refractivity (Wildman–Crippen MR) is 83.2 cm³/mol. The van der Waals surface area contributed by atoms with Gasteiger partial charge >= 0.3 is 0 Å². The molecule has 1 atom stereocenters. The highest BCUT2D eigenvalue weighted by molar-refractivity contribution is 7.09. The summed E-state index contributed by atoms with van der Waals surface area (Å²) in [6.45, 7) is 0.221. The standard InChI is InChI=1S/C14H14N4OS2/c19-13(9-18-5-1-3-16-18)17-12(14-15-4-7-21-14)8-11-2-6-20-10-11/h1-7,10,12H,8-9H2,(H,17,19)/t12-/m1/s1. The van der Waals surface area contributed by atoms with Gasteiger partial charge in [-0.15, -0.1) is 11.3 Å². The Hall–Kier alpha value is -1.99. The fraction of sp³-hybridized carbons (Fsp3) is 0.214. The molecule has 3 aromatic rings. The Balaban J connectivity index is 1.68. The molecule has 0 aliphatic carbocycles. The van der Waals surface area contributed by atoms with Gasteiger partial charge in [-0.3, -0.25) is 9.48 Å². The van der Waals surface area contributed by atoms with E-state index in [9.17, 15) is 4.79 Å². The molecule has 21 heavy (non-hydrogen) atoms. The molecule has 0 radical (unpaired) electrons. The maximum atomic E-state index is 12.2. The van der Waals surface area contributed by atoms with E-state index in [-0.39, 0.29) is 18.5 Å². The fourth-order valence-corrected chi connectivity index (χ4v) is 3.40. The van der Waals surface area contributed by atoms with Crippen molar-refractivity contribution >= 4 is 28.6 Å². The van der Waals surface area contributed by atoms with Crippen molar-refractivity contribution in [1.82, 2.24) is 20.1 Å². The fourth-order valence-electron chi connectivity index (χ4n) is 2.03. The predicted octanol–water partition coefficient (Wildman–Crippen LogP) is 2.50. The maximum absolute atomic E-state index is 12.2. The van der Waals surface area contributed by atoms with Gasteiger partial charge in [0.15, 0.2) is 0 Å². The van der Waals surface area contributed by atoms with Crippen molar-refractivity contribution in [1.29, 1.82) is 0 Å². The number of thiazole rings is 1. The Kier molecular flexibility index (Phi) is 4.42. The number of hydrogen-bond donors (Lipinski definition) is 1. The minimum atomic E-state index is -0.0948. The summed E-state index contributed by atoms with van der Waals surface area (Å²) in [4.78, 5) is 16.5. The molecule has 5 nitrogen and oxygen atoms in total. The van der Waals surface area contributed by atoms with E-state index in [2.05, 4.69) is 26.8 Å². The minimum Gasteiger partial charge on any atom is -0.345 e. The highest BCUT2D eigenvalue weighted by Crippen LogP contribution is 2.21. The summed E-state index contributed by atoms with van der Waals surface area (Å²) in [5, 5.41) is 14.1. The second-order valence-electron chi connectivity index (χ2n) is 4.53. The van der Waals surface area contributed by atoms with E-state index in [0.29, 0.717) is 0 Å². The van der Waals surface area contributed by atoms with E-state index in [1.165, 1.54) is 5.56 Å². The van der Waals surface area contributed by atoms with Gasteiger partial charge in [-0.2, -0.15) is 16.4 Å². The van der Waals surface area contributed by atoms with Gasteiger partial charge < -0.3 is 5.32 Å². The van der Waals surface area contributed by atoms with E-state index >= 15 is 0 Å². The van der Waals surface area contributed by atoms with Gasteiger partial charge in [0, 0.05) is 30.4 Å². The first-order valence-electron chi connectivity index (χ1n) is 6.48. The number of amides is 1. The van der Waals surface area contributed by atoms with E-state index in [4.69, 9.17) is 0 Å². The molecule has 0 aliphatic heterocycles. The zero-order valence-corrected chi connectivity index (χ0v) is 12.8. The summed E-state index contributed by atoms with van der Waals surface area (Å²) in [5.74, 6) is -0.0610. The van der Waals surface area contributed by atoms with Crippen molar-refractivity contribution in [3.63, 3.8) is 0 Å². The highest BCUT2D eigenvalue weighted by atomic mass is 32.1. The summed E-state index contributed by atoms with van der Waals surface area (Å²) < 4.78 is 1.61. The van der Waals surface area contributed by atoms with Gasteiger partial charge in [0.2, 0.25) is 5.91 Å². The summed E-state index contributed by atoms with van der Waals surface area (Å²) in [5.41, 5.74) is 1.21. The van der Waals surface area contributed by atoms with Crippen LogP contribution in [0.4, 0.5) is 0 Å². The Morgan fingerprint density at radius 1 is 1.38 bits per heavy atom. The molecule has 0 aromatic carbocycles. The smallest absolute Gasteiger partial charge is 0.242 e. The topological polar surface area (TPSA) is 59.8 Å². The number of carbonyl (C=O) groups is 1. The number of carbonyl (C=O) groups excluding carboxylic acids is 1. The van der Waals surface area contributed by atoms with Gasteiger partial charge in [-0.05, 0) is 28.5 Å². The molecule has 3 aromatic heterocycles. The summed E-state index contributed by atoms with van der Waals surface area (Å²) >= 11 is 3.22. The molecule has 1 N–H and O–H groups in total. The lowest BCUT2D eigenvalue weighted by Gasteiger charge is -2.16. The van der Waals surface area contributed by atoms with E-state index in [0.717, 1.165) is 11.4 Å². The molecule has 0 fully saturated rings. The Labute approximate surface area is 130 Å². The number of rotatable bonds is 6. The first kappa shape index (κ1) is 14.0. The molecular formula is C14H14N4OS2. The minimum absolute atomic E-state index is 0.0610. The molecule has 7 heteroatoms. The van der Waals surface area contributed by atoms with Gasteiger partial charge in [-0.1, -0.05) is 0 Å². The molecule has 0 aliphatic rings. The normalized spacial score (nSPS) is 12.2. The van der Waals surface area contributed by atoms with E-state index in [1.807, 2.05) is 10.8 Å². The molecule has 3 rings (SSSR count). The third-order valence-corrected chi connectivity index (χ3v) is 4.59. The quantitative estimate of drug-likeness (QED) is 0.759. The largest absolute Gasteiger partial charge is 0.345 e. The molecule has 0 saturated heterocycles. The number of nitrogens with zero attached hydrogens (tertiary/aromatic N) is 3. The average Bonchev–Trinajstić information content (AvgIpc) is 3.22. The van der Waals surface area contributed by atoms with Crippen LogP contribution < -0.4 is 5.32 Å². The molecule has 3 heterocycles. The second kappa shape index (κ2) is 6.64. The van der Waals surface area contributed by atoms with E-state index < -0.39 is 0 Å². The Morgan fingerprint density at radius 2 is 2.33 bits per heavy atom. The highest BCUT2D eigenvalue weighted by Gasteiger charge is 2.18. The lowest BCUT2D eigenvalue weighted by molar-refractivity contribution is -0.122. The van der Waals surface area contributed by atoms with Crippen LogP contribution >= 0.6 is 22.7 Å². The molecule has 0 bridgehead atoms. The monoisotopic (exact) mass is 318 g/mol. The van der Waals surface area contributed by atoms with Crippen molar-refractivity contribution in [2.24, 2.45) is 0 Å². The van der Waals surface area contributed by atoms with Crippen LogP contribution in [0.1, 0.15) is 16.6 Å². The first-order valence-corrected chi connectivity index (χ1v) is 8.31.